The van der Waals surface area contributed by atoms with Crippen LogP contribution >= 0.6 is 35.7 Å². The lowest BCUT2D eigenvalue weighted by Gasteiger charge is -2.26. The van der Waals surface area contributed by atoms with Gasteiger partial charge in [0, 0.05) is 34.8 Å². The van der Waals surface area contributed by atoms with Gasteiger partial charge in [0.15, 0.2) is 5.60 Å². The molecule has 0 amide bonds. The van der Waals surface area contributed by atoms with Crippen molar-refractivity contribution < 1.29 is 19.7 Å². The fourth-order valence-corrected chi connectivity index (χ4v) is 5.36. The van der Waals surface area contributed by atoms with Gasteiger partial charge in [0.05, 0.1) is 12.2 Å². The van der Waals surface area contributed by atoms with E-state index in [9.17, 15) is 15.0 Å². The highest BCUT2D eigenvalue weighted by atomic mass is 32.2. The molecule has 0 saturated heterocycles. The summed E-state index contributed by atoms with van der Waals surface area (Å²) in [7, 11) is 0. The van der Waals surface area contributed by atoms with Gasteiger partial charge >= 0.3 is 0 Å². The van der Waals surface area contributed by atoms with Gasteiger partial charge in [0.1, 0.15) is 5.76 Å². The van der Waals surface area contributed by atoms with Crippen LogP contribution in [0.15, 0.2) is 59.0 Å². The molecule has 1 aliphatic heterocycles. The highest BCUT2D eigenvalue weighted by Gasteiger charge is 2.42. The molecule has 150 valence electrons. The van der Waals surface area contributed by atoms with Gasteiger partial charge in [-0.3, -0.25) is 4.79 Å². The molecule has 2 aromatic rings. The van der Waals surface area contributed by atoms with Gasteiger partial charge in [-0.15, -0.1) is 0 Å². The highest BCUT2D eigenvalue weighted by molar-refractivity contribution is 7.99. The van der Waals surface area contributed by atoms with Gasteiger partial charge in [-0.05, 0) is 29.3 Å². The number of benzene rings is 1. The van der Waals surface area contributed by atoms with Crippen LogP contribution in [0.2, 0.25) is 0 Å². The van der Waals surface area contributed by atoms with Crippen LogP contribution in [0, 0.1) is 0 Å². The Hall–Kier alpha value is -1.25. The van der Waals surface area contributed by atoms with E-state index in [4.69, 9.17) is 4.74 Å². The van der Waals surface area contributed by atoms with E-state index >= 15 is 0 Å². The molecule has 1 aromatic carbocycles. The molecule has 0 radical (unpaired) electrons. The first-order valence-electron chi connectivity index (χ1n) is 9.04. The molecule has 0 fully saturated rings. The van der Waals surface area contributed by atoms with Crippen LogP contribution < -0.4 is 0 Å². The zero-order valence-corrected chi connectivity index (χ0v) is 18.1. The molecule has 2 unspecified atom stereocenters. The normalized spacial score (nSPS) is 22.4. The molecule has 0 spiro atoms. The Morgan fingerprint density at radius 1 is 1.21 bits per heavy atom. The third-order valence-corrected chi connectivity index (χ3v) is 7.27. The number of ether oxygens (including phenoxy) is 1. The smallest absolute Gasteiger partial charge is 0.206 e. The Morgan fingerprint density at radius 2 is 1.96 bits per heavy atom. The molecule has 0 saturated carbocycles. The van der Waals surface area contributed by atoms with Gasteiger partial charge in [-0.2, -0.15) is 35.7 Å². The summed E-state index contributed by atoms with van der Waals surface area (Å²) in [5, 5.41) is 23.9. The molecule has 0 aliphatic carbocycles. The summed E-state index contributed by atoms with van der Waals surface area (Å²) in [6, 6.07) is 11.5. The van der Waals surface area contributed by atoms with E-state index in [1.165, 1.54) is 0 Å². The van der Waals surface area contributed by atoms with Crippen molar-refractivity contribution in [2.45, 2.75) is 36.4 Å². The predicted octanol–water partition coefficient (Wildman–Crippen LogP) is 3.96. The zero-order valence-electron chi connectivity index (χ0n) is 15.5. The Kier molecular flexibility index (Phi) is 7.28. The number of carbonyl (C=O) groups excluding carboxylic acids is 1. The number of ketones is 1. The van der Waals surface area contributed by atoms with E-state index in [0.717, 1.165) is 11.1 Å². The topological polar surface area (TPSA) is 66.8 Å². The summed E-state index contributed by atoms with van der Waals surface area (Å²) in [5.74, 6) is 1.17. The Bertz CT molecular complexity index is 806. The number of hydrogen-bond donors (Lipinski definition) is 3. The van der Waals surface area contributed by atoms with Crippen LogP contribution in [-0.2, 0) is 15.1 Å². The van der Waals surface area contributed by atoms with E-state index in [0.29, 0.717) is 17.9 Å². The molecule has 0 bridgehead atoms. The quantitative estimate of drug-likeness (QED) is 0.519. The lowest BCUT2D eigenvalue weighted by molar-refractivity contribution is -0.129. The second-order valence-corrected chi connectivity index (χ2v) is 9.26. The minimum atomic E-state index is -0.998. The third-order valence-electron chi connectivity index (χ3n) is 4.82. The first-order valence-corrected chi connectivity index (χ1v) is 11.7. The van der Waals surface area contributed by atoms with Crippen LogP contribution in [-0.4, -0.2) is 39.7 Å². The van der Waals surface area contributed by atoms with Crippen molar-refractivity contribution in [3.05, 3.63) is 70.1 Å². The maximum absolute atomic E-state index is 12.7. The van der Waals surface area contributed by atoms with Crippen molar-refractivity contribution in [1.82, 2.24) is 0 Å². The first kappa shape index (κ1) is 21.5. The number of thioether (sulfide) groups is 1. The van der Waals surface area contributed by atoms with Gasteiger partial charge in [-0.25, -0.2) is 0 Å². The zero-order chi connectivity index (χ0) is 20.1. The Labute approximate surface area is 179 Å². The minimum absolute atomic E-state index is 0.0187. The molecule has 28 heavy (non-hydrogen) atoms. The van der Waals surface area contributed by atoms with Crippen LogP contribution in [0.3, 0.4) is 0 Å². The van der Waals surface area contributed by atoms with E-state index in [1.807, 2.05) is 41.8 Å². The molecule has 2 N–H and O–H groups in total. The lowest BCUT2D eigenvalue weighted by Crippen LogP contribution is -2.30. The molecule has 1 aliphatic rings. The molecular formula is C21H24O4S3. The number of aliphatic hydroxyl groups is 2. The summed E-state index contributed by atoms with van der Waals surface area (Å²) >= 11 is 7.18. The SMILES string of the molecule is CC1(c2ccccc2)OC(CC(SC[C@H](O)[C@H](O)CS)c2ccsc2)=CC1=O. The predicted molar refractivity (Wildman–Crippen MR) is 118 cm³/mol. The van der Waals surface area contributed by atoms with Crippen molar-refractivity contribution in [3.8, 4) is 0 Å². The molecular weight excluding hydrogens is 412 g/mol. The van der Waals surface area contributed by atoms with Crippen LogP contribution in [0.5, 0.6) is 0 Å². The van der Waals surface area contributed by atoms with Crippen molar-refractivity contribution >= 4 is 41.5 Å². The maximum Gasteiger partial charge on any atom is 0.206 e. The van der Waals surface area contributed by atoms with Gasteiger partial charge in [-0.1, -0.05) is 30.3 Å². The van der Waals surface area contributed by atoms with Gasteiger partial charge in [0.25, 0.3) is 0 Å². The van der Waals surface area contributed by atoms with Gasteiger partial charge < -0.3 is 14.9 Å². The van der Waals surface area contributed by atoms with Gasteiger partial charge in [0.2, 0.25) is 5.78 Å². The van der Waals surface area contributed by atoms with Crippen molar-refractivity contribution in [2.24, 2.45) is 0 Å². The monoisotopic (exact) mass is 436 g/mol. The standard InChI is InChI=1S/C21H24O4S3/c1-21(15-5-3-2-4-6-15)20(24)10-16(25-21)9-19(14-7-8-27-12-14)28-13-18(23)17(22)11-26/h2-8,10,12,17-19,22-23,26H,9,11,13H2,1H3/t17-,18+,19?,21?/m1/s1. The van der Waals surface area contributed by atoms with E-state index < -0.39 is 17.8 Å². The van der Waals surface area contributed by atoms with Crippen molar-refractivity contribution in [1.29, 1.82) is 0 Å². The summed E-state index contributed by atoms with van der Waals surface area (Å²) in [5.41, 5.74) is 0.952. The minimum Gasteiger partial charge on any atom is -0.479 e. The summed E-state index contributed by atoms with van der Waals surface area (Å²) in [6.45, 7) is 1.80. The highest BCUT2D eigenvalue weighted by Crippen LogP contribution is 2.42. The van der Waals surface area contributed by atoms with Crippen LogP contribution in [0.4, 0.5) is 0 Å². The number of hydrogen-bond acceptors (Lipinski definition) is 7. The van der Waals surface area contributed by atoms with Crippen molar-refractivity contribution in [3.63, 3.8) is 0 Å². The largest absolute Gasteiger partial charge is 0.479 e. The maximum atomic E-state index is 12.7. The summed E-state index contributed by atoms with van der Waals surface area (Å²) in [6.07, 6.45) is 0.424. The molecule has 4 atom stereocenters. The van der Waals surface area contributed by atoms with E-state index in [2.05, 4.69) is 18.0 Å². The third kappa shape index (κ3) is 4.83. The average molecular weight is 437 g/mol. The first-order chi connectivity index (χ1) is 13.4. The Morgan fingerprint density at radius 3 is 2.61 bits per heavy atom. The van der Waals surface area contributed by atoms with Crippen molar-refractivity contribution in [2.75, 3.05) is 11.5 Å². The summed E-state index contributed by atoms with van der Waals surface area (Å²) in [4.78, 5) is 12.7. The fourth-order valence-electron chi connectivity index (χ4n) is 3.05. The molecule has 7 heteroatoms. The number of carbonyl (C=O) groups is 1. The second kappa shape index (κ2) is 9.50. The average Bonchev–Trinajstić information content (AvgIpc) is 3.34. The molecule has 4 nitrogen and oxygen atoms in total. The number of allylic oxidation sites excluding steroid dienone is 1. The summed E-state index contributed by atoms with van der Waals surface area (Å²) < 4.78 is 6.13. The number of aliphatic hydroxyl groups excluding tert-OH is 2. The Balaban J connectivity index is 1.71. The second-order valence-electron chi connectivity index (χ2n) is 6.88. The lowest BCUT2D eigenvalue weighted by atomic mass is 9.92. The van der Waals surface area contributed by atoms with Crippen LogP contribution in [0.1, 0.15) is 29.7 Å². The fraction of sp³-hybridized carbons (Fsp3) is 0.381. The molecule has 3 rings (SSSR count). The van der Waals surface area contributed by atoms with E-state index in [-0.39, 0.29) is 16.8 Å². The number of rotatable bonds is 9. The van der Waals surface area contributed by atoms with E-state index in [1.54, 1.807) is 36.1 Å². The number of thiol groups is 1. The molecule has 1 aromatic heterocycles. The number of thiophene rings is 1. The van der Waals surface area contributed by atoms with Crippen LogP contribution in [0.25, 0.3) is 0 Å². The molecule has 2 heterocycles.